The molecular weight excluding hydrogens is 667 g/mol. The number of Topliss-reactive ketones (excluding diaryl/α,β-unsaturated/α-hetero) is 1. The number of aliphatic hydroxyl groups excluding tert-OH is 3. The monoisotopic (exact) mass is 737 g/mol. The molecule has 0 spiro atoms. The van der Waals surface area contributed by atoms with Crippen molar-refractivity contribution in [1.29, 1.82) is 0 Å². The Bertz CT molecular complexity index is 1270. The zero-order valence-electron chi connectivity index (χ0n) is 35.4. The third-order valence-corrected chi connectivity index (χ3v) is 11.7. The highest BCUT2D eigenvalue weighted by Gasteiger charge is 2.53. The maximum Gasteiger partial charge on any atom is 0.311 e. The zero-order valence-corrected chi connectivity index (χ0v) is 32.4. The van der Waals surface area contributed by atoms with Crippen molar-refractivity contribution in [3.63, 3.8) is 0 Å². The minimum Gasteiger partial charge on any atom is -0.459 e. The Morgan fingerprint density at radius 1 is 0.941 bits per heavy atom. The number of hydrogen-bond donors (Lipinski definition) is 5. The number of hydrogen-bond acceptors (Lipinski definition) is 14. The predicted molar refractivity (Wildman–Crippen MR) is 186 cm³/mol. The molecule has 3 fully saturated rings. The molecule has 18 atom stereocenters. The van der Waals surface area contributed by atoms with E-state index >= 15 is 0 Å². The summed E-state index contributed by atoms with van der Waals surface area (Å²) in [5, 5.41) is 57.8. The third-order valence-electron chi connectivity index (χ3n) is 11.7. The molecule has 5 N–H and O–H groups in total. The maximum atomic E-state index is 14.1. The van der Waals surface area contributed by atoms with E-state index in [9.17, 15) is 35.1 Å². The Morgan fingerprint density at radius 2 is 1.57 bits per heavy atom. The summed E-state index contributed by atoms with van der Waals surface area (Å²) in [7, 11) is 2.82. The molecule has 0 radical (unpaired) electrons. The van der Waals surface area contributed by atoms with Crippen molar-refractivity contribution in [3.8, 4) is 0 Å². The summed E-state index contributed by atoms with van der Waals surface area (Å²) in [6.07, 6.45) is -11.7. The number of carbonyl (C=O) groups is 2. The van der Waals surface area contributed by atoms with Crippen LogP contribution in [-0.4, -0.2) is 148 Å². The van der Waals surface area contributed by atoms with Crippen LogP contribution in [0.5, 0.6) is 0 Å². The summed E-state index contributed by atoms with van der Waals surface area (Å²) in [4.78, 5) is 29.0. The number of ether oxygens (including phenoxy) is 6. The number of aliphatic hydroxyl groups is 5. The van der Waals surface area contributed by atoms with Gasteiger partial charge in [0.15, 0.2) is 12.6 Å². The number of cyclic esters (lactones) is 1. The second-order valence-electron chi connectivity index (χ2n) is 16.1. The van der Waals surface area contributed by atoms with Crippen LogP contribution in [0.15, 0.2) is 0 Å². The number of esters is 1. The molecule has 0 saturated carbocycles. The Morgan fingerprint density at radius 3 is 2.14 bits per heavy atom. The van der Waals surface area contributed by atoms with Crippen LogP contribution in [-0.2, 0) is 38.0 Å². The van der Waals surface area contributed by atoms with E-state index in [1.165, 1.54) is 34.9 Å². The van der Waals surface area contributed by atoms with E-state index in [1.54, 1.807) is 48.5 Å². The predicted octanol–water partition coefficient (Wildman–Crippen LogP) is 1.79. The van der Waals surface area contributed by atoms with E-state index in [4.69, 9.17) is 32.5 Å². The van der Waals surface area contributed by atoms with Gasteiger partial charge in [-0.25, -0.2) is 0 Å². The average molecular weight is 738 g/mol. The van der Waals surface area contributed by atoms with Gasteiger partial charge in [0.1, 0.15) is 29.7 Å². The van der Waals surface area contributed by atoms with Crippen molar-refractivity contribution in [2.24, 2.45) is 23.7 Å². The van der Waals surface area contributed by atoms with Gasteiger partial charge in [-0.05, 0) is 74.8 Å². The lowest BCUT2D eigenvalue weighted by Gasteiger charge is -2.49. The fourth-order valence-corrected chi connectivity index (χ4v) is 8.28. The van der Waals surface area contributed by atoms with Gasteiger partial charge in [-0.2, -0.15) is 0 Å². The molecule has 0 aromatic heterocycles. The van der Waals surface area contributed by atoms with E-state index in [0.29, 0.717) is 0 Å². The molecule has 3 aliphatic rings. The van der Waals surface area contributed by atoms with Gasteiger partial charge in [0, 0.05) is 41.4 Å². The normalized spacial score (nSPS) is 50.9. The first-order valence-electron chi connectivity index (χ1n) is 19.8. The standard InChI is InChI=1S/C37H67NO13/c1-14-25-37(10,45)30(41)20(4)27(39)18(2)16-35(8,44)32(51-34-28(40)24(38(11)12)15-19(3)47-34)21(5)29(22(6)33(43)49-25)50-26-17-36(9,46-13)31(42)23(7)48-26/h18-26,28-32,34,40-42,44-45H,14-17H2,1-13H3/t18-,19-,20+,21+,22-,23+,24+,25-,26+,28-,29+,30-,31+,32-,34+,35-,36-,37-/m1/s1/i11+1D3. The zero-order chi connectivity index (χ0) is 41.5. The molecule has 3 heterocycles. The summed E-state index contributed by atoms with van der Waals surface area (Å²) >= 11 is 0. The molecule has 14 nitrogen and oxygen atoms in total. The van der Waals surface area contributed by atoms with E-state index in [0.717, 1.165) is 4.90 Å². The van der Waals surface area contributed by atoms with Crippen LogP contribution in [0.4, 0.5) is 0 Å². The van der Waals surface area contributed by atoms with Crippen LogP contribution in [0.1, 0.15) is 99.0 Å². The van der Waals surface area contributed by atoms with Gasteiger partial charge in [-0.1, -0.05) is 27.7 Å². The van der Waals surface area contributed by atoms with E-state index in [-0.39, 0.29) is 25.7 Å². The van der Waals surface area contributed by atoms with Gasteiger partial charge in [0.2, 0.25) is 0 Å². The Balaban J connectivity index is 2.20. The SMILES string of the molecule is [2H][13C]([2H])([2H])N(C)[C@H]1C[C@@H](C)O[C@@H](O[C@@H]2[C@@H](C)[C@H](O[C@H]3C[C@@](C)(OC)[C@@H](O)[C@H](C)O3)[C@@H](C)C(=O)O[C@H](CC)[C@@](C)(O)[C@H](O)[C@@H](C)C(=O)[C@H](C)C[C@@]2(C)O)[C@@H]1O. The highest BCUT2D eigenvalue weighted by molar-refractivity contribution is 5.83. The molecular formula is C37H67NO13. The number of nitrogens with zero attached hydrogens (tertiary/aromatic N) is 1. The average Bonchev–Trinajstić information content (AvgIpc) is 3.08. The highest BCUT2D eigenvalue weighted by atomic mass is 16.7. The highest BCUT2D eigenvalue weighted by Crippen LogP contribution is 2.40. The Hall–Kier alpha value is -1.30. The van der Waals surface area contributed by atoms with Crippen LogP contribution in [0.2, 0.25) is 0 Å². The molecule has 3 rings (SSSR count). The van der Waals surface area contributed by atoms with Crippen LogP contribution in [0, 0.1) is 23.7 Å². The largest absolute Gasteiger partial charge is 0.459 e. The lowest BCUT2D eigenvalue weighted by atomic mass is 9.74. The van der Waals surface area contributed by atoms with Crippen LogP contribution in [0.25, 0.3) is 0 Å². The number of carbonyl (C=O) groups excluding carboxylic acids is 2. The van der Waals surface area contributed by atoms with Crippen LogP contribution < -0.4 is 0 Å². The second-order valence-corrected chi connectivity index (χ2v) is 16.1. The molecule has 0 unspecified atom stereocenters. The van der Waals surface area contributed by atoms with Crippen molar-refractivity contribution in [3.05, 3.63) is 0 Å². The second kappa shape index (κ2) is 17.0. The molecule has 298 valence electrons. The van der Waals surface area contributed by atoms with Crippen molar-refractivity contribution >= 4 is 11.8 Å². The van der Waals surface area contributed by atoms with E-state index < -0.39 is 127 Å². The molecule has 3 aliphatic heterocycles. The third kappa shape index (κ3) is 9.51. The van der Waals surface area contributed by atoms with Gasteiger partial charge in [-0.15, -0.1) is 0 Å². The number of ketones is 1. The Labute approximate surface area is 308 Å². The van der Waals surface area contributed by atoms with Gasteiger partial charge in [0.25, 0.3) is 0 Å². The molecule has 0 aromatic carbocycles. The first-order valence-corrected chi connectivity index (χ1v) is 18.3. The quantitative estimate of drug-likeness (QED) is 0.188. The molecule has 0 aromatic rings. The summed E-state index contributed by atoms with van der Waals surface area (Å²) in [6, 6.07) is -0.928. The van der Waals surface area contributed by atoms with Crippen LogP contribution >= 0.6 is 0 Å². The van der Waals surface area contributed by atoms with Crippen molar-refractivity contribution in [1.82, 2.24) is 4.90 Å². The van der Waals surface area contributed by atoms with E-state index in [2.05, 4.69) is 0 Å². The molecule has 3 saturated heterocycles. The van der Waals surface area contributed by atoms with Crippen molar-refractivity contribution in [2.75, 3.05) is 21.1 Å². The summed E-state index contributed by atoms with van der Waals surface area (Å²) in [5.41, 5.74) is -5.07. The fourth-order valence-electron chi connectivity index (χ4n) is 8.28. The van der Waals surface area contributed by atoms with E-state index in [1.807, 2.05) is 0 Å². The molecule has 14 heteroatoms. The van der Waals surface area contributed by atoms with Gasteiger partial charge in [-0.3, -0.25) is 9.59 Å². The molecule has 51 heavy (non-hydrogen) atoms. The topological polar surface area (TPSA) is 194 Å². The molecule has 0 amide bonds. The lowest BCUT2D eigenvalue weighted by molar-refractivity contribution is -0.318. The molecule has 0 aliphatic carbocycles. The van der Waals surface area contributed by atoms with Crippen molar-refractivity contribution in [2.45, 2.75) is 179 Å². The number of methoxy groups -OCH3 is 1. The molecule has 0 bridgehead atoms. The van der Waals surface area contributed by atoms with Crippen LogP contribution in [0.3, 0.4) is 0 Å². The Kier molecular flexibility index (Phi) is 13.1. The lowest BCUT2D eigenvalue weighted by Crippen LogP contribution is -2.61. The fraction of sp³-hybridized carbons (Fsp3) is 0.946. The van der Waals surface area contributed by atoms with Crippen molar-refractivity contribution < 1.29 is 67.7 Å². The first-order chi connectivity index (χ1) is 24.6. The number of rotatable bonds is 7. The summed E-state index contributed by atoms with van der Waals surface area (Å²) in [6.45, 7) is 13.2. The first kappa shape index (κ1) is 39.4. The number of likely N-dealkylation sites (N-methyl/N-ethyl adjacent to an activating group) is 1. The summed E-state index contributed by atoms with van der Waals surface area (Å²) in [5.74, 6) is -5.45. The van der Waals surface area contributed by atoms with Gasteiger partial charge < -0.3 is 58.9 Å². The minimum atomic E-state index is -2.55. The minimum absolute atomic E-state index is 0.0366. The van der Waals surface area contributed by atoms with Gasteiger partial charge in [0.05, 0.1) is 47.6 Å². The maximum absolute atomic E-state index is 14.1. The summed E-state index contributed by atoms with van der Waals surface area (Å²) < 4.78 is 60.7. The smallest absolute Gasteiger partial charge is 0.311 e. The van der Waals surface area contributed by atoms with Gasteiger partial charge >= 0.3 is 5.97 Å².